The minimum atomic E-state index is 0.567. The van der Waals surface area contributed by atoms with Gasteiger partial charge in [0.2, 0.25) is 0 Å². The highest BCUT2D eigenvalue weighted by Crippen LogP contribution is 2.17. The lowest BCUT2D eigenvalue weighted by atomic mass is 10.1. The summed E-state index contributed by atoms with van der Waals surface area (Å²) in [5.74, 6) is 0.567. The molecule has 11 heavy (non-hydrogen) atoms. The van der Waals surface area contributed by atoms with E-state index in [4.69, 9.17) is 5.73 Å². The normalized spacial score (nSPS) is 9.64. The van der Waals surface area contributed by atoms with Crippen molar-refractivity contribution in [3.8, 4) is 0 Å². The zero-order chi connectivity index (χ0) is 8.43. The van der Waals surface area contributed by atoms with Crippen molar-refractivity contribution in [3.05, 3.63) is 30.0 Å². The standard InChI is InChI=1S/C9H12N2/c1-6(2)8-5-4-7(3)11-9(8)10/h4-5H,1H2,2-3H3,(H2,10,11). The monoisotopic (exact) mass is 148 g/mol. The van der Waals surface area contributed by atoms with E-state index in [1.165, 1.54) is 0 Å². The third-order valence-electron chi connectivity index (χ3n) is 1.52. The highest BCUT2D eigenvalue weighted by atomic mass is 14.8. The molecule has 1 heterocycles. The van der Waals surface area contributed by atoms with Gasteiger partial charge >= 0.3 is 0 Å². The molecule has 1 aromatic heterocycles. The van der Waals surface area contributed by atoms with Crippen molar-refractivity contribution in [2.24, 2.45) is 0 Å². The van der Waals surface area contributed by atoms with Crippen molar-refractivity contribution in [1.29, 1.82) is 0 Å². The fourth-order valence-corrected chi connectivity index (χ4v) is 0.938. The van der Waals surface area contributed by atoms with E-state index in [9.17, 15) is 0 Å². The molecule has 0 amide bonds. The Bertz CT molecular complexity index is 290. The molecule has 0 atom stereocenters. The summed E-state index contributed by atoms with van der Waals surface area (Å²) in [7, 11) is 0. The lowest BCUT2D eigenvalue weighted by Gasteiger charge is -2.03. The van der Waals surface area contributed by atoms with Gasteiger partial charge < -0.3 is 5.73 Å². The first-order chi connectivity index (χ1) is 5.11. The molecule has 0 saturated carbocycles. The van der Waals surface area contributed by atoms with Gasteiger partial charge in [0.1, 0.15) is 5.82 Å². The number of nitrogens with two attached hydrogens (primary N) is 1. The van der Waals surface area contributed by atoms with Crippen LogP contribution in [0.2, 0.25) is 0 Å². The SMILES string of the molecule is C=C(C)c1ccc(C)nc1N. The molecule has 1 rings (SSSR count). The van der Waals surface area contributed by atoms with E-state index in [1.807, 2.05) is 26.0 Å². The number of nitrogen functional groups attached to an aromatic ring is 1. The minimum absolute atomic E-state index is 0.567. The number of allylic oxidation sites excluding steroid dienone is 1. The van der Waals surface area contributed by atoms with Crippen LogP contribution in [0.15, 0.2) is 18.7 Å². The summed E-state index contributed by atoms with van der Waals surface area (Å²) in [4.78, 5) is 4.11. The zero-order valence-corrected chi connectivity index (χ0v) is 6.89. The van der Waals surface area contributed by atoms with Gasteiger partial charge in [-0.25, -0.2) is 4.98 Å². The molecule has 0 aromatic carbocycles. The van der Waals surface area contributed by atoms with E-state index >= 15 is 0 Å². The van der Waals surface area contributed by atoms with Gasteiger partial charge in [-0.15, -0.1) is 0 Å². The predicted octanol–water partition coefficient (Wildman–Crippen LogP) is 2.01. The Morgan fingerprint density at radius 1 is 1.55 bits per heavy atom. The van der Waals surface area contributed by atoms with Crippen molar-refractivity contribution in [2.75, 3.05) is 5.73 Å². The van der Waals surface area contributed by atoms with Gasteiger partial charge in [-0.2, -0.15) is 0 Å². The molecule has 0 fully saturated rings. The molecule has 0 spiro atoms. The Morgan fingerprint density at radius 3 is 2.64 bits per heavy atom. The lowest BCUT2D eigenvalue weighted by molar-refractivity contribution is 1.20. The Morgan fingerprint density at radius 2 is 2.18 bits per heavy atom. The average molecular weight is 148 g/mol. The molecule has 0 saturated heterocycles. The Balaban J connectivity index is 3.20. The van der Waals surface area contributed by atoms with Crippen LogP contribution in [-0.4, -0.2) is 4.98 Å². The fraction of sp³-hybridized carbons (Fsp3) is 0.222. The largest absolute Gasteiger partial charge is 0.383 e. The van der Waals surface area contributed by atoms with Gasteiger partial charge in [0.15, 0.2) is 0 Å². The summed E-state index contributed by atoms with van der Waals surface area (Å²) >= 11 is 0. The van der Waals surface area contributed by atoms with Crippen LogP contribution in [-0.2, 0) is 0 Å². The Labute approximate surface area is 66.8 Å². The number of aryl methyl sites for hydroxylation is 1. The van der Waals surface area contributed by atoms with Crippen LogP contribution in [0.1, 0.15) is 18.2 Å². The van der Waals surface area contributed by atoms with E-state index in [1.54, 1.807) is 0 Å². The van der Waals surface area contributed by atoms with Gasteiger partial charge in [-0.3, -0.25) is 0 Å². The first-order valence-corrected chi connectivity index (χ1v) is 3.50. The molecule has 1 aromatic rings. The molecular weight excluding hydrogens is 136 g/mol. The number of nitrogens with zero attached hydrogens (tertiary/aromatic N) is 1. The van der Waals surface area contributed by atoms with E-state index in [-0.39, 0.29) is 0 Å². The summed E-state index contributed by atoms with van der Waals surface area (Å²) in [5, 5.41) is 0. The number of hydrogen-bond donors (Lipinski definition) is 1. The second-order valence-corrected chi connectivity index (χ2v) is 2.67. The minimum Gasteiger partial charge on any atom is -0.383 e. The predicted molar refractivity (Wildman–Crippen MR) is 48.1 cm³/mol. The highest BCUT2D eigenvalue weighted by Gasteiger charge is 1.99. The highest BCUT2D eigenvalue weighted by molar-refractivity contribution is 5.69. The first-order valence-electron chi connectivity index (χ1n) is 3.50. The number of pyridine rings is 1. The van der Waals surface area contributed by atoms with Gasteiger partial charge in [0.05, 0.1) is 0 Å². The van der Waals surface area contributed by atoms with Crippen LogP contribution in [0, 0.1) is 6.92 Å². The van der Waals surface area contributed by atoms with Gasteiger partial charge in [-0.05, 0) is 31.6 Å². The Kier molecular flexibility index (Phi) is 1.94. The van der Waals surface area contributed by atoms with Gasteiger partial charge in [0.25, 0.3) is 0 Å². The summed E-state index contributed by atoms with van der Waals surface area (Å²) < 4.78 is 0. The quantitative estimate of drug-likeness (QED) is 0.661. The van der Waals surface area contributed by atoms with Gasteiger partial charge in [0, 0.05) is 11.3 Å². The summed E-state index contributed by atoms with van der Waals surface area (Å²) in [6, 6.07) is 3.88. The van der Waals surface area contributed by atoms with Crippen molar-refractivity contribution in [3.63, 3.8) is 0 Å². The zero-order valence-electron chi connectivity index (χ0n) is 6.89. The molecule has 0 aliphatic rings. The molecule has 58 valence electrons. The lowest BCUT2D eigenvalue weighted by Crippen LogP contribution is -1.96. The second-order valence-electron chi connectivity index (χ2n) is 2.67. The molecule has 2 nitrogen and oxygen atoms in total. The molecular formula is C9H12N2. The van der Waals surface area contributed by atoms with E-state index < -0.39 is 0 Å². The van der Waals surface area contributed by atoms with Crippen LogP contribution >= 0.6 is 0 Å². The van der Waals surface area contributed by atoms with Crippen molar-refractivity contribution in [1.82, 2.24) is 4.98 Å². The molecule has 2 N–H and O–H groups in total. The third kappa shape index (κ3) is 1.58. The number of anilines is 1. The van der Waals surface area contributed by atoms with Crippen LogP contribution in [0.4, 0.5) is 5.82 Å². The number of hydrogen-bond acceptors (Lipinski definition) is 2. The summed E-state index contributed by atoms with van der Waals surface area (Å²) in [6.45, 7) is 7.63. The van der Waals surface area contributed by atoms with Gasteiger partial charge in [-0.1, -0.05) is 6.58 Å². The third-order valence-corrected chi connectivity index (χ3v) is 1.52. The molecule has 0 unspecified atom stereocenters. The number of rotatable bonds is 1. The van der Waals surface area contributed by atoms with Crippen LogP contribution < -0.4 is 5.73 Å². The molecule has 0 bridgehead atoms. The van der Waals surface area contributed by atoms with Crippen molar-refractivity contribution < 1.29 is 0 Å². The fourth-order valence-electron chi connectivity index (χ4n) is 0.938. The Hall–Kier alpha value is -1.31. The summed E-state index contributed by atoms with van der Waals surface area (Å²) in [6.07, 6.45) is 0. The summed E-state index contributed by atoms with van der Waals surface area (Å²) in [5.41, 5.74) is 8.48. The van der Waals surface area contributed by atoms with Crippen LogP contribution in [0.5, 0.6) is 0 Å². The second kappa shape index (κ2) is 2.74. The molecule has 0 aliphatic carbocycles. The molecule has 2 heteroatoms. The smallest absolute Gasteiger partial charge is 0.131 e. The van der Waals surface area contributed by atoms with Crippen molar-refractivity contribution in [2.45, 2.75) is 13.8 Å². The molecule has 0 radical (unpaired) electrons. The topological polar surface area (TPSA) is 38.9 Å². The average Bonchev–Trinajstić information content (AvgIpc) is 1.85. The first kappa shape index (κ1) is 7.79. The van der Waals surface area contributed by atoms with Crippen LogP contribution in [0.3, 0.4) is 0 Å². The van der Waals surface area contributed by atoms with Crippen molar-refractivity contribution >= 4 is 11.4 Å². The molecule has 0 aliphatic heterocycles. The van der Waals surface area contributed by atoms with E-state index in [0.717, 1.165) is 16.8 Å². The maximum absolute atomic E-state index is 5.65. The maximum atomic E-state index is 5.65. The number of aromatic nitrogens is 1. The van der Waals surface area contributed by atoms with E-state index in [2.05, 4.69) is 11.6 Å². The van der Waals surface area contributed by atoms with Crippen LogP contribution in [0.25, 0.3) is 5.57 Å². The maximum Gasteiger partial charge on any atom is 0.131 e. The van der Waals surface area contributed by atoms with E-state index in [0.29, 0.717) is 5.82 Å².